The molecule has 2 aromatic heterocycles. The molecule has 4 nitrogen and oxygen atoms in total. The molecule has 3 aliphatic rings. The van der Waals surface area contributed by atoms with Crippen LogP contribution in [-0.2, 0) is 11.2 Å². The van der Waals surface area contributed by atoms with E-state index in [1.165, 1.54) is 6.42 Å². The molecule has 0 amide bonds. The summed E-state index contributed by atoms with van der Waals surface area (Å²) in [6.45, 7) is 0. The summed E-state index contributed by atoms with van der Waals surface area (Å²) < 4.78 is 21.9. The highest BCUT2D eigenvalue weighted by molar-refractivity contribution is 7.16. The van der Waals surface area contributed by atoms with Crippen molar-refractivity contribution < 1.29 is 9.13 Å². The minimum Gasteiger partial charge on any atom is -0.381 e. The Morgan fingerprint density at radius 2 is 1.91 bits per heavy atom. The van der Waals surface area contributed by atoms with Crippen LogP contribution in [0.2, 0.25) is 0 Å². The SMILES string of the molecule is COC1C2CC1C2Cc1ccc(-c2ccc3nccc(Nc4ccc5scnc5c4)c3c2)c(F)c1. The normalized spacial score (nSPS) is 22.7. The van der Waals surface area contributed by atoms with Gasteiger partial charge in [0.15, 0.2) is 0 Å². The van der Waals surface area contributed by atoms with Crippen LogP contribution in [0.4, 0.5) is 15.8 Å². The Hall–Kier alpha value is -3.35. The van der Waals surface area contributed by atoms with Gasteiger partial charge in [-0.2, -0.15) is 0 Å². The number of ether oxygens (including phenoxy) is 1. The largest absolute Gasteiger partial charge is 0.381 e. The lowest BCUT2D eigenvalue weighted by atomic mass is 9.44. The Morgan fingerprint density at radius 1 is 1.00 bits per heavy atom. The zero-order valence-electron chi connectivity index (χ0n) is 19.2. The fourth-order valence-corrected chi connectivity index (χ4v) is 6.53. The predicted octanol–water partition coefficient (Wildman–Crippen LogP) is 7.22. The van der Waals surface area contributed by atoms with Crippen LogP contribution in [0.1, 0.15) is 12.0 Å². The Morgan fingerprint density at radius 3 is 2.74 bits per heavy atom. The molecule has 8 rings (SSSR count). The molecule has 3 saturated carbocycles. The maximum absolute atomic E-state index is 15.3. The average molecular weight is 482 g/mol. The first-order valence-electron chi connectivity index (χ1n) is 12.0. The molecule has 0 aliphatic heterocycles. The topological polar surface area (TPSA) is 47.0 Å². The Kier molecular flexibility index (Phi) is 4.86. The molecule has 0 saturated heterocycles. The summed E-state index contributed by atoms with van der Waals surface area (Å²) in [4.78, 5) is 8.93. The summed E-state index contributed by atoms with van der Waals surface area (Å²) in [5.41, 5.74) is 8.11. The summed E-state index contributed by atoms with van der Waals surface area (Å²) in [7, 11) is 1.80. The van der Waals surface area contributed by atoms with Crippen LogP contribution in [0.25, 0.3) is 32.2 Å². The van der Waals surface area contributed by atoms with Gasteiger partial charge in [0.1, 0.15) is 5.82 Å². The third kappa shape index (κ3) is 3.43. The van der Waals surface area contributed by atoms with E-state index in [0.29, 0.717) is 29.4 Å². The number of pyridine rings is 1. The van der Waals surface area contributed by atoms with E-state index < -0.39 is 0 Å². The highest BCUT2D eigenvalue weighted by atomic mass is 32.1. The predicted molar refractivity (Wildman–Crippen MR) is 140 cm³/mol. The monoisotopic (exact) mass is 481 g/mol. The van der Waals surface area contributed by atoms with Gasteiger partial charge in [0.25, 0.3) is 0 Å². The summed E-state index contributed by atoms with van der Waals surface area (Å²) in [5.74, 6) is 1.78. The molecule has 0 radical (unpaired) electrons. The smallest absolute Gasteiger partial charge is 0.131 e. The van der Waals surface area contributed by atoms with Crippen LogP contribution in [0, 0.1) is 23.6 Å². The molecule has 2 atom stereocenters. The van der Waals surface area contributed by atoms with Crippen LogP contribution < -0.4 is 5.32 Å². The van der Waals surface area contributed by atoms with E-state index in [4.69, 9.17) is 4.74 Å². The van der Waals surface area contributed by atoms with Crippen LogP contribution in [-0.4, -0.2) is 23.2 Å². The fraction of sp³-hybridized carbons (Fsp3) is 0.241. The molecule has 174 valence electrons. The van der Waals surface area contributed by atoms with Crippen molar-refractivity contribution in [2.24, 2.45) is 17.8 Å². The molecule has 2 bridgehead atoms. The lowest BCUT2D eigenvalue weighted by Crippen LogP contribution is -2.64. The zero-order chi connectivity index (χ0) is 23.5. The molecule has 3 aliphatic carbocycles. The fourth-order valence-electron chi connectivity index (χ4n) is 5.88. The summed E-state index contributed by atoms with van der Waals surface area (Å²) in [5, 5.41) is 4.45. The van der Waals surface area contributed by atoms with E-state index in [1.807, 2.05) is 41.9 Å². The highest BCUT2D eigenvalue weighted by Gasteiger charge is 2.61. The van der Waals surface area contributed by atoms with Gasteiger partial charge in [0, 0.05) is 35.6 Å². The maximum atomic E-state index is 15.3. The maximum Gasteiger partial charge on any atom is 0.131 e. The van der Waals surface area contributed by atoms with Crippen molar-refractivity contribution in [3.8, 4) is 11.1 Å². The Balaban J connectivity index is 1.18. The van der Waals surface area contributed by atoms with Crippen molar-refractivity contribution in [1.29, 1.82) is 0 Å². The number of rotatable bonds is 6. The molecule has 2 heterocycles. The average Bonchev–Trinajstić information content (AvgIpc) is 3.30. The number of benzene rings is 3. The minimum atomic E-state index is -0.175. The number of halogens is 1. The Bertz CT molecular complexity index is 1570. The molecule has 3 aromatic carbocycles. The molecular formula is C29H24FN3OS. The number of methoxy groups -OCH3 is 1. The standard InChI is InChI=1S/C29H24FN3OS/c1-34-29-21-14-22(29)20(21)10-16-2-5-19(24(30)11-16)17-3-6-25-23(12-17)26(8-9-31-25)33-18-4-7-28-27(13-18)32-15-35-28/h2-9,11-13,15,20-22,29H,10,14H2,1H3,(H,31,33). The van der Waals surface area contributed by atoms with Gasteiger partial charge in [-0.15, -0.1) is 11.3 Å². The van der Waals surface area contributed by atoms with Crippen molar-refractivity contribution in [1.82, 2.24) is 9.97 Å². The Labute approximate surface area is 206 Å². The van der Waals surface area contributed by atoms with Crippen LogP contribution in [0.5, 0.6) is 0 Å². The second kappa shape index (κ2) is 8.11. The molecule has 2 unspecified atom stereocenters. The second-order valence-electron chi connectivity index (χ2n) is 9.70. The van der Waals surface area contributed by atoms with E-state index >= 15 is 4.39 Å². The van der Waals surface area contributed by atoms with Crippen molar-refractivity contribution in [3.63, 3.8) is 0 Å². The van der Waals surface area contributed by atoms with Gasteiger partial charge in [-0.05, 0) is 84.2 Å². The van der Waals surface area contributed by atoms with Gasteiger partial charge in [-0.3, -0.25) is 4.98 Å². The third-order valence-corrected chi connectivity index (χ3v) is 8.74. The lowest BCUT2D eigenvalue weighted by Gasteiger charge is -2.64. The molecule has 6 heteroatoms. The number of nitrogens with zero attached hydrogens (tertiary/aromatic N) is 2. The highest BCUT2D eigenvalue weighted by Crippen LogP contribution is 2.61. The molecule has 1 N–H and O–H groups in total. The van der Waals surface area contributed by atoms with Crippen molar-refractivity contribution in [3.05, 3.63) is 83.8 Å². The van der Waals surface area contributed by atoms with E-state index in [0.717, 1.165) is 50.0 Å². The molecule has 0 spiro atoms. The number of thiazole rings is 1. The minimum absolute atomic E-state index is 0.175. The summed E-state index contributed by atoms with van der Waals surface area (Å²) >= 11 is 1.63. The number of hydrogen-bond acceptors (Lipinski definition) is 5. The lowest BCUT2D eigenvalue weighted by molar-refractivity contribution is -0.225. The van der Waals surface area contributed by atoms with Gasteiger partial charge >= 0.3 is 0 Å². The first-order chi connectivity index (χ1) is 17.2. The van der Waals surface area contributed by atoms with E-state index in [9.17, 15) is 0 Å². The van der Waals surface area contributed by atoms with E-state index in [-0.39, 0.29) is 5.82 Å². The zero-order valence-corrected chi connectivity index (χ0v) is 20.1. The van der Waals surface area contributed by atoms with Crippen LogP contribution >= 0.6 is 11.3 Å². The number of nitrogens with one attached hydrogen (secondary N) is 1. The molecular weight excluding hydrogens is 457 g/mol. The van der Waals surface area contributed by atoms with Gasteiger partial charge in [-0.25, -0.2) is 9.37 Å². The molecule has 35 heavy (non-hydrogen) atoms. The van der Waals surface area contributed by atoms with Crippen molar-refractivity contribution in [2.75, 3.05) is 12.4 Å². The summed E-state index contributed by atoms with van der Waals surface area (Å²) in [6, 6.07) is 19.8. The molecule has 3 fully saturated rings. The van der Waals surface area contributed by atoms with Gasteiger partial charge in [0.05, 0.1) is 27.3 Å². The third-order valence-electron chi connectivity index (χ3n) is 7.93. The molecule has 5 aromatic rings. The van der Waals surface area contributed by atoms with Gasteiger partial charge in [-0.1, -0.05) is 18.2 Å². The van der Waals surface area contributed by atoms with Crippen molar-refractivity contribution in [2.45, 2.75) is 18.9 Å². The van der Waals surface area contributed by atoms with E-state index in [2.05, 4.69) is 33.5 Å². The first kappa shape index (κ1) is 21.0. The number of aromatic nitrogens is 2. The van der Waals surface area contributed by atoms with Crippen LogP contribution in [0.3, 0.4) is 0 Å². The number of anilines is 2. The number of hydrogen-bond donors (Lipinski definition) is 1. The quantitative estimate of drug-likeness (QED) is 0.278. The number of fused-ring (bicyclic) bond motifs is 2. The van der Waals surface area contributed by atoms with Crippen LogP contribution in [0.15, 0.2) is 72.4 Å². The van der Waals surface area contributed by atoms with Crippen molar-refractivity contribution >= 4 is 43.8 Å². The first-order valence-corrected chi connectivity index (χ1v) is 12.9. The second-order valence-corrected chi connectivity index (χ2v) is 10.6. The van der Waals surface area contributed by atoms with Gasteiger partial charge in [0.2, 0.25) is 0 Å². The van der Waals surface area contributed by atoms with E-state index in [1.54, 1.807) is 30.7 Å². The summed E-state index contributed by atoms with van der Waals surface area (Å²) in [6.07, 6.45) is 4.43. The van der Waals surface area contributed by atoms with Gasteiger partial charge < -0.3 is 10.1 Å².